The van der Waals surface area contributed by atoms with E-state index >= 15 is 0 Å². The number of carbonyl (C=O) groups is 1. The number of amides is 1. The maximum absolute atomic E-state index is 12.4. The zero-order valence-corrected chi connectivity index (χ0v) is 17.5. The van der Waals surface area contributed by atoms with Crippen molar-refractivity contribution in [1.29, 1.82) is 5.26 Å². The van der Waals surface area contributed by atoms with Crippen LogP contribution in [0.25, 0.3) is 0 Å². The van der Waals surface area contributed by atoms with Gasteiger partial charge in [0.05, 0.1) is 5.56 Å². The van der Waals surface area contributed by atoms with E-state index in [-0.39, 0.29) is 5.91 Å². The molecule has 1 aliphatic carbocycles. The van der Waals surface area contributed by atoms with Gasteiger partial charge in [-0.3, -0.25) is 4.79 Å². The van der Waals surface area contributed by atoms with Crippen molar-refractivity contribution in [2.75, 3.05) is 25.2 Å². The number of hydrogen-bond acceptors (Lipinski definition) is 5. The van der Waals surface area contributed by atoms with Crippen molar-refractivity contribution in [2.24, 2.45) is 0 Å². The highest BCUT2D eigenvalue weighted by Crippen LogP contribution is 2.37. The molecule has 1 amide bonds. The highest BCUT2D eigenvalue weighted by atomic mass is 32.2. The number of carbonyl (C=O) groups excluding carboxylic acids is 1. The molecule has 0 atom stereocenters. The minimum Gasteiger partial charge on any atom is -0.317 e. The molecule has 0 saturated heterocycles. The van der Waals surface area contributed by atoms with Crippen LogP contribution in [0.3, 0.4) is 0 Å². The number of thiophene rings is 1. The molecule has 0 radical (unpaired) electrons. The number of benzene rings is 1. The second-order valence-electron chi connectivity index (χ2n) is 6.91. The SMILES string of the molecule is CSc1ccc(CN(C)CCC(=O)Nc2sc3c(c2C#N)CCCC3)cc1. The zero-order chi connectivity index (χ0) is 19.2. The van der Waals surface area contributed by atoms with Gasteiger partial charge in [0.2, 0.25) is 5.91 Å². The Morgan fingerprint density at radius 3 is 2.74 bits per heavy atom. The predicted molar refractivity (Wildman–Crippen MR) is 113 cm³/mol. The third-order valence-electron chi connectivity index (χ3n) is 4.87. The number of nitrogens with one attached hydrogen (secondary N) is 1. The molecule has 1 heterocycles. The molecule has 0 spiro atoms. The number of anilines is 1. The summed E-state index contributed by atoms with van der Waals surface area (Å²) in [5.41, 5.74) is 3.09. The van der Waals surface area contributed by atoms with Gasteiger partial charge in [0, 0.05) is 29.3 Å². The lowest BCUT2D eigenvalue weighted by molar-refractivity contribution is -0.116. The fourth-order valence-electron chi connectivity index (χ4n) is 3.38. The number of nitrogens with zero attached hydrogens (tertiary/aromatic N) is 2. The molecule has 6 heteroatoms. The highest BCUT2D eigenvalue weighted by Gasteiger charge is 2.21. The van der Waals surface area contributed by atoms with Crippen LogP contribution in [-0.2, 0) is 24.2 Å². The van der Waals surface area contributed by atoms with Crippen molar-refractivity contribution in [3.8, 4) is 6.07 Å². The van der Waals surface area contributed by atoms with Gasteiger partial charge in [-0.05, 0) is 62.2 Å². The Labute approximate surface area is 169 Å². The van der Waals surface area contributed by atoms with Crippen molar-refractivity contribution in [3.05, 3.63) is 45.8 Å². The van der Waals surface area contributed by atoms with Crippen LogP contribution in [0.2, 0.25) is 0 Å². The summed E-state index contributed by atoms with van der Waals surface area (Å²) in [7, 11) is 2.03. The maximum Gasteiger partial charge on any atom is 0.226 e. The van der Waals surface area contributed by atoms with Gasteiger partial charge in [0.15, 0.2) is 0 Å². The van der Waals surface area contributed by atoms with Gasteiger partial charge in [-0.2, -0.15) is 5.26 Å². The third-order valence-corrected chi connectivity index (χ3v) is 6.82. The molecule has 0 aliphatic heterocycles. The first-order valence-corrected chi connectivity index (χ1v) is 11.3. The number of fused-ring (bicyclic) bond motifs is 1. The van der Waals surface area contributed by atoms with Gasteiger partial charge in [-0.25, -0.2) is 0 Å². The molecular formula is C21H25N3OS2. The van der Waals surface area contributed by atoms with Gasteiger partial charge in [-0.1, -0.05) is 12.1 Å². The summed E-state index contributed by atoms with van der Waals surface area (Å²) in [5.74, 6) is -0.0188. The van der Waals surface area contributed by atoms with Crippen LogP contribution in [0.5, 0.6) is 0 Å². The van der Waals surface area contributed by atoms with Gasteiger partial charge in [0.25, 0.3) is 0 Å². The summed E-state index contributed by atoms with van der Waals surface area (Å²) < 4.78 is 0. The normalized spacial score (nSPS) is 13.3. The maximum atomic E-state index is 12.4. The van der Waals surface area contributed by atoms with Crippen LogP contribution in [0.15, 0.2) is 29.2 Å². The van der Waals surface area contributed by atoms with Gasteiger partial charge < -0.3 is 10.2 Å². The first-order valence-electron chi connectivity index (χ1n) is 9.26. The monoisotopic (exact) mass is 399 g/mol. The molecule has 0 unspecified atom stereocenters. The summed E-state index contributed by atoms with van der Waals surface area (Å²) in [4.78, 5) is 17.1. The average molecular weight is 400 g/mol. The highest BCUT2D eigenvalue weighted by molar-refractivity contribution is 7.98. The van der Waals surface area contributed by atoms with E-state index in [0.29, 0.717) is 18.5 Å². The van der Waals surface area contributed by atoms with E-state index < -0.39 is 0 Å². The van der Waals surface area contributed by atoms with Crippen LogP contribution in [0.4, 0.5) is 5.00 Å². The molecule has 1 N–H and O–H groups in total. The van der Waals surface area contributed by atoms with Gasteiger partial charge >= 0.3 is 0 Å². The Bertz CT molecular complexity index is 836. The van der Waals surface area contributed by atoms with Crippen LogP contribution in [0.1, 0.15) is 40.8 Å². The number of hydrogen-bond donors (Lipinski definition) is 1. The summed E-state index contributed by atoms with van der Waals surface area (Å²) in [6.45, 7) is 1.50. The average Bonchev–Trinajstić information content (AvgIpc) is 3.03. The number of rotatable bonds is 7. The quantitative estimate of drug-likeness (QED) is 0.687. The third kappa shape index (κ3) is 5.13. The van der Waals surface area contributed by atoms with Crippen molar-refractivity contribution >= 4 is 34.0 Å². The summed E-state index contributed by atoms with van der Waals surface area (Å²) in [6, 6.07) is 10.8. The van der Waals surface area contributed by atoms with Crippen molar-refractivity contribution in [2.45, 2.75) is 43.5 Å². The van der Waals surface area contributed by atoms with E-state index in [9.17, 15) is 10.1 Å². The minimum absolute atomic E-state index is 0.0188. The Hall–Kier alpha value is -1.81. The Balaban J connectivity index is 1.52. The smallest absolute Gasteiger partial charge is 0.226 e. The molecule has 27 heavy (non-hydrogen) atoms. The van der Waals surface area contributed by atoms with Crippen LogP contribution in [-0.4, -0.2) is 30.7 Å². The fourth-order valence-corrected chi connectivity index (χ4v) is 5.04. The zero-order valence-electron chi connectivity index (χ0n) is 15.9. The van der Waals surface area contributed by atoms with E-state index in [0.717, 1.165) is 36.4 Å². The molecule has 1 aromatic carbocycles. The number of thioether (sulfide) groups is 1. The molecular weight excluding hydrogens is 374 g/mol. The van der Waals surface area contributed by atoms with E-state index in [1.165, 1.54) is 21.8 Å². The summed E-state index contributed by atoms with van der Waals surface area (Å²) in [6.07, 6.45) is 6.79. The van der Waals surface area contributed by atoms with Crippen LogP contribution < -0.4 is 5.32 Å². The lowest BCUT2D eigenvalue weighted by Gasteiger charge is -2.16. The number of nitriles is 1. The van der Waals surface area contributed by atoms with Crippen molar-refractivity contribution in [1.82, 2.24) is 4.90 Å². The largest absolute Gasteiger partial charge is 0.317 e. The molecule has 0 fully saturated rings. The first kappa shape index (κ1) is 19.9. The van der Waals surface area contributed by atoms with Crippen molar-refractivity contribution < 1.29 is 4.79 Å². The topological polar surface area (TPSA) is 56.1 Å². The lowest BCUT2D eigenvalue weighted by atomic mass is 9.96. The molecule has 3 rings (SSSR count). The van der Waals surface area contributed by atoms with Crippen molar-refractivity contribution in [3.63, 3.8) is 0 Å². The molecule has 2 aromatic rings. The fraction of sp³-hybridized carbons (Fsp3) is 0.429. The van der Waals surface area contributed by atoms with Crippen LogP contribution in [0, 0.1) is 11.3 Å². The number of aryl methyl sites for hydroxylation is 1. The molecule has 4 nitrogen and oxygen atoms in total. The summed E-state index contributed by atoms with van der Waals surface area (Å²) in [5, 5.41) is 13.2. The first-order chi connectivity index (χ1) is 13.1. The molecule has 1 aliphatic rings. The molecule has 142 valence electrons. The van der Waals surface area contributed by atoms with Crippen LogP contribution >= 0.6 is 23.1 Å². The Morgan fingerprint density at radius 1 is 1.30 bits per heavy atom. The standard InChI is InChI=1S/C21H25N3OS2/c1-24(14-15-7-9-16(26-2)10-8-15)12-11-20(25)23-21-18(13-22)17-5-3-4-6-19(17)27-21/h7-10H,3-6,11-12,14H2,1-2H3,(H,23,25). The van der Waals surface area contributed by atoms with E-state index in [1.54, 1.807) is 23.1 Å². The van der Waals surface area contributed by atoms with Gasteiger partial charge in [-0.15, -0.1) is 23.1 Å². The van der Waals surface area contributed by atoms with E-state index in [1.807, 2.05) is 7.05 Å². The Morgan fingerprint density at radius 2 is 2.04 bits per heavy atom. The second-order valence-corrected chi connectivity index (χ2v) is 8.90. The lowest BCUT2D eigenvalue weighted by Crippen LogP contribution is -2.24. The molecule has 0 bridgehead atoms. The van der Waals surface area contributed by atoms with E-state index in [2.05, 4.69) is 46.8 Å². The minimum atomic E-state index is -0.0188. The Kier molecular flexibility index (Phi) is 6.95. The predicted octanol–water partition coefficient (Wildman–Crippen LogP) is 4.68. The van der Waals surface area contributed by atoms with Gasteiger partial charge in [0.1, 0.15) is 11.1 Å². The summed E-state index contributed by atoms with van der Waals surface area (Å²) >= 11 is 3.32. The second kappa shape index (κ2) is 9.41. The molecule has 1 aromatic heterocycles. The van der Waals surface area contributed by atoms with E-state index in [4.69, 9.17) is 0 Å². The molecule has 0 saturated carbocycles.